The van der Waals surface area contributed by atoms with Crippen molar-refractivity contribution in [2.24, 2.45) is 0 Å². The van der Waals surface area contributed by atoms with E-state index in [2.05, 4.69) is 4.98 Å². The summed E-state index contributed by atoms with van der Waals surface area (Å²) in [6.45, 7) is 3.37. The maximum atomic E-state index is 13.4. The van der Waals surface area contributed by atoms with Crippen molar-refractivity contribution >= 4 is 22.6 Å². The fourth-order valence-electron chi connectivity index (χ4n) is 2.60. The molecule has 0 amide bonds. The van der Waals surface area contributed by atoms with Crippen LogP contribution >= 0.6 is 11.6 Å². The second-order valence-electron chi connectivity index (χ2n) is 4.96. The van der Waals surface area contributed by atoms with Crippen molar-refractivity contribution in [1.29, 1.82) is 0 Å². The van der Waals surface area contributed by atoms with E-state index in [4.69, 9.17) is 16.3 Å². The molecule has 2 aromatic rings. The van der Waals surface area contributed by atoms with E-state index in [1.165, 1.54) is 12.1 Å². The molecule has 2 unspecified atom stereocenters. The van der Waals surface area contributed by atoms with E-state index >= 15 is 0 Å². The van der Waals surface area contributed by atoms with E-state index in [0.717, 1.165) is 36.3 Å². The molecule has 102 valence electrons. The zero-order chi connectivity index (χ0) is 13.4. The molecule has 1 aliphatic heterocycles. The van der Waals surface area contributed by atoms with Crippen molar-refractivity contribution in [3.8, 4) is 0 Å². The minimum Gasteiger partial charge on any atom is -0.376 e. The normalized spacial score (nSPS) is 21.1. The lowest BCUT2D eigenvalue weighted by Gasteiger charge is -2.15. The third-order valence-corrected chi connectivity index (χ3v) is 3.70. The summed E-state index contributed by atoms with van der Waals surface area (Å²) in [7, 11) is 0. The number of ether oxygens (including phenoxy) is 1. The van der Waals surface area contributed by atoms with Crippen LogP contribution in [0.25, 0.3) is 11.0 Å². The number of imidazole rings is 1. The molecule has 1 aromatic carbocycles. The predicted octanol–water partition coefficient (Wildman–Crippen LogP) is 3.65. The molecule has 0 saturated carbocycles. The quantitative estimate of drug-likeness (QED) is 0.804. The molecule has 0 aliphatic carbocycles. The monoisotopic (exact) mass is 282 g/mol. The first-order chi connectivity index (χ1) is 9.15. The second-order valence-corrected chi connectivity index (χ2v) is 5.62. The fraction of sp³-hybridized carbons (Fsp3) is 0.500. The van der Waals surface area contributed by atoms with Gasteiger partial charge in [-0.25, -0.2) is 9.37 Å². The van der Waals surface area contributed by atoms with Gasteiger partial charge in [0.05, 0.1) is 29.1 Å². The molecule has 5 heteroatoms. The van der Waals surface area contributed by atoms with Crippen molar-refractivity contribution in [1.82, 2.24) is 9.55 Å². The molecule has 1 fully saturated rings. The number of halogens is 2. The lowest BCUT2D eigenvalue weighted by Crippen LogP contribution is -2.17. The number of alkyl halides is 1. The topological polar surface area (TPSA) is 27.1 Å². The Morgan fingerprint density at radius 1 is 1.58 bits per heavy atom. The largest absolute Gasteiger partial charge is 0.376 e. The number of nitrogens with zero attached hydrogens (tertiary/aromatic N) is 2. The van der Waals surface area contributed by atoms with Crippen LogP contribution in [0, 0.1) is 5.82 Å². The molecule has 2 atom stereocenters. The fourth-order valence-corrected chi connectivity index (χ4v) is 2.77. The van der Waals surface area contributed by atoms with Crippen LogP contribution in [0.2, 0.25) is 0 Å². The zero-order valence-corrected chi connectivity index (χ0v) is 11.5. The summed E-state index contributed by atoms with van der Waals surface area (Å²) in [6.07, 6.45) is 2.29. The summed E-state index contributed by atoms with van der Waals surface area (Å²) in [4.78, 5) is 4.50. The molecule has 1 saturated heterocycles. The number of benzene rings is 1. The van der Waals surface area contributed by atoms with Crippen LogP contribution in [-0.2, 0) is 11.3 Å². The Morgan fingerprint density at radius 2 is 2.42 bits per heavy atom. The minimum atomic E-state index is -0.255. The summed E-state index contributed by atoms with van der Waals surface area (Å²) in [5.41, 5.74) is 1.57. The summed E-state index contributed by atoms with van der Waals surface area (Å²) < 4.78 is 21.1. The number of hydrogen-bond acceptors (Lipinski definition) is 2. The molecular weight excluding hydrogens is 267 g/mol. The van der Waals surface area contributed by atoms with Crippen molar-refractivity contribution in [2.45, 2.75) is 37.8 Å². The highest BCUT2D eigenvalue weighted by atomic mass is 35.5. The van der Waals surface area contributed by atoms with Crippen molar-refractivity contribution in [3.05, 3.63) is 29.8 Å². The molecule has 19 heavy (non-hydrogen) atoms. The van der Waals surface area contributed by atoms with Gasteiger partial charge in [0.2, 0.25) is 0 Å². The Kier molecular flexibility index (Phi) is 3.46. The van der Waals surface area contributed by atoms with Crippen LogP contribution in [0.5, 0.6) is 0 Å². The van der Waals surface area contributed by atoms with Crippen molar-refractivity contribution in [2.75, 3.05) is 6.61 Å². The third-order valence-electron chi connectivity index (χ3n) is 3.51. The van der Waals surface area contributed by atoms with Gasteiger partial charge in [-0.05, 0) is 38.0 Å². The number of aromatic nitrogens is 2. The van der Waals surface area contributed by atoms with Crippen molar-refractivity contribution in [3.63, 3.8) is 0 Å². The molecule has 3 rings (SSSR count). The molecule has 1 aromatic heterocycles. The third kappa shape index (κ3) is 2.47. The second kappa shape index (κ2) is 5.10. The highest BCUT2D eigenvalue weighted by Crippen LogP contribution is 2.27. The van der Waals surface area contributed by atoms with Crippen LogP contribution in [0.4, 0.5) is 4.39 Å². The zero-order valence-electron chi connectivity index (χ0n) is 10.8. The molecule has 0 spiro atoms. The van der Waals surface area contributed by atoms with Crippen LogP contribution in [-0.4, -0.2) is 22.3 Å². The highest BCUT2D eigenvalue weighted by molar-refractivity contribution is 6.20. The van der Waals surface area contributed by atoms with Gasteiger partial charge in [-0.2, -0.15) is 0 Å². The predicted molar refractivity (Wildman–Crippen MR) is 72.9 cm³/mol. The first-order valence-corrected chi connectivity index (χ1v) is 7.00. The van der Waals surface area contributed by atoms with Crippen LogP contribution in [0.1, 0.15) is 31.0 Å². The van der Waals surface area contributed by atoms with E-state index in [9.17, 15) is 4.39 Å². The molecule has 0 N–H and O–H groups in total. The summed E-state index contributed by atoms with van der Waals surface area (Å²) in [5, 5.41) is -0.211. The summed E-state index contributed by atoms with van der Waals surface area (Å²) in [6, 6.07) is 4.63. The maximum Gasteiger partial charge on any atom is 0.127 e. The Morgan fingerprint density at radius 3 is 3.11 bits per heavy atom. The molecule has 2 heterocycles. The minimum absolute atomic E-state index is 0.176. The molecule has 0 radical (unpaired) electrons. The SMILES string of the molecule is CC(Cl)c1nc2ccc(F)cc2n1CC1CCCO1. The van der Waals surface area contributed by atoms with Gasteiger partial charge in [0, 0.05) is 6.61 Å². The summed E-state index contributed by atoms with van der Waals surface area (Å²) in [5.74, 6) is 0.521. The highest BCUT2D eigenvalue weighted by Gasteiger charge is 2.21. The van der Waals surface area contributed by atoms with Gasteiger partial charge < -0.3 is 9.30 Å². The number of fused-ring (bicyclic) bond motifs is 1. The number of hydrogen-bond donors (Lipinski definition) is 0. The van der Waals surface area contributed by atoms with Gasteiger partial charge in [-0.15, -0.1) is 11.6 Å². The maximum absolute atomic E-state index is 13.4. The van der Waals surface area contributed by atoms with Crippen LogP contribution in [0.3, 0.4) is 0 Å². The van der Waals surface area contributed by atoms with Gasteiger partial charge in [-0.1, -0.05) is 0 Å². The van der Waals surface area contributed by atoms with Gasteiger partial charge >= 0.3 is 0 Å². The average Bonchev–Trinajstić information content (AvgIpc) is 2.98. The van der Waals surface area contributed by atoms with E-state index in [1.54, 1.807) is 6.07 Å². The van der Waals surface area contributed by atoms with Crippen LogP contribution < -0.4 is 0 Å². The molecule has 3 nitrogen and oxygen atoms in total. The standard InChI is InChI=1S/C14H16ClFN2O/c1-9(15)14-17-12-5-4-10(16)7-13(12)18(14)8-11-3-2-6-19-11/h4-5,7,9,11H,2-3,6,8H2,1H3. The number of rotatable bonds is 3. The molecular formula is C14H16ClFN2O. The van der Waals surface area contributed by atoms with Gasteiger partial charge in [0.15, 0.2) is 0 Å². The smallest absolute Gasteiger partial charge is 0.127 e. The van der Waals surface area contributed by atoms with Gasteiger partial charge in [0.25, 0.3) is 0 Å². The Labute approximate surface area is 116 Å². The lowest BCUT2D eigenvalue weighted by molar-refractivity contribution is 0.0972. The van der Waals surface area contributed by atoms with E-state index in [0.29, 0.717) is 6.54 Å². The van der Waals surface area contributed by atoms with Gasteiger partial charge in [-0.3, -0.25) is 0 Å². The lowest BCUT2D eigenvalue weighted by atomic mass is 10.2. The molecule has 0 bridgehead atoms. The van der Waals surface area contributed by atoms with E-state index in [-0.39, 0.29) is 17.3 Å². The summed E-state index contributed by atoms with van der Waals surface area (Å²) >= 11 is 6.19. The molecule has 1 aliphatic rings. The van der Waals surface area contributed by atoms with E-state index in [1.807, 2.05) is 11.5 Å². The Balaban J connectivity index is 2.06. The Hall–Kier alpha value is -1.13. The first kappa shape index (κ1) is 12.9. The van der Waals surface area contributed by atoms with E-state index < -0.39 is 0 Å². The average molecular weight is 283 g/mol. The van der Waals surface area contributed by atoms with Crippen LogP contribution in [0.15, 0.2) is 18.2 Å². The van der Waals surface area contributed by atoms with Gasteiger partial charge in [0.1, 0.15) is 11.6 Å². The van der Waals surface area contributed by atoms with Crippen molar-refractivity contribution < 1.29 is 9.13 Å². The Bertz CT molecular complexity index is 590. The first-order valence-electron chi connectivity index (χ1n) is 6.56.